The maximum atomic E-state index is 14.1. The minimum Gasteiger partial charge on any atom is -0.493 e. The molecule has 0 amide bonds. The molecule has 0 saturated heterocycles. The van der Waals surface area contributed by atoms with E-state index >= 15 is 0 Å². The zero-order valence-electron chi connectivity index (χ0n) is 13.0. The quantitative estimate of drug-likeness (QED) is 0.822. The predicted octanol–water partition coefficient (Wildman–Crippen LogP) is 1.41. The summed E-state index contributed by atoms with van der Waals surface area (Å²) in [6, 6.07) is 3.32. The molecule has 7 nitrogen and oxygen atoms in total. The molecule has 1 atom stereocenters. The number of aromatic nitrogens is 2. The molecular weight excluding hydrogens is 325 g/mol. The summed E-state index contributed by atoms with van der Waals surface area (Å²) in [4.78, 5) is -0.498. The first-order valence-electron chi connectivity index (χ1n) is 6.78. The Morgan fingerprint density at radius 1 is 1.30 bits per heavy atom. The lowest BCUT2D eigenvalue weighted by molar-refractivity contribution is 0.350. The Bertz CT molecular complexity index is 763. The average Bonchev–Trinajstić information content (AvgIpc) is 2.98. The molecule has 2 rings (SSSR count). The van der Waals surface area contributed by atoms with Gasteiger partial charge in [-0.05, 0) is 13.0 Å². The van der Waals surface area contributed by atoms with Crippen molar-refractivity contribution >= 4 is 10.0 Å². The highest BCUT2D eigenvalue weighted by atomic mass is 32.2. The number of sulfonamides is 1. The van der Waals surface area contributed by atoms with Gasteiger partial charge in [-0.1, -0.05) is 0 Å². The van der Waals surface area contributed by atoms with Crippen molar-refractivity contribution in [3.05, 3.63) is 36.4 Å². The van der Waals surface area contributed by atoms with Gasteiger partial charge in [0, 0.05) is 30.6 Å². The van der Waals surface area contributed by atoms with E-state index in [1.54, 1.807) is 30.1 Å². The van der Waals surface area contributed by atoms with Gasteiger partial charge in [0.1, 0.15) is 10.7 Å². The second-order valence-corrected chi connectivity index (χ2v) is 6.57. The van der Waals surface area contributed by atoms with Gasteiger partial charge in [0.25, 0.3) is 0 Å². The molecule has 0 aliphatic heterocycles. The summed E-state index contributed by atoms with van der Waals surface area (Å²) in [5, 5.41) is 4.00. The lowest BCUT2D eigenvalue weighted by Gasteiger charge is -2.16. The molecule has 1 N–H and O–H groups in total. The zero-order valence-corrected chi connectivity index (χ0v) is 13.8. The van der Waals surface area contributed by atoms with Gasteiger partial charge in [-0.15, -0.1) is 0 Å². The second kappa shape index (κ2) is 6.97. The summed E-state index contributed by atoms with van der Waals surface area (Å²) in [5.74, 6) is -0.663. The molecule has 23 heavy (non-hydrogen) atoms. The zero-order chi connectivity index (χ0) is 17.0. The highest BCUT2D eigenvalue weighted by Crippen LogP contribution is 2.31. The topological polar surface area (TPSA) is 82.5 Å². The van der Waals surface area contributed by atoms with Gasteiger partial charge < -0.3 is 9.47 Å². The van der Waals surface area contributed by atoms with E-state index in [0.29, 0.717) is 6.54 Å². The molecule has 2 aromatic rings. The van der Waals surface area contributed by atoms with Gasteiger partial charge in [-0.2, -0.15) is 5.10 Å². The van der Waals surface area contributed by atoms with Gasteiger partial charge in [-0.3, -0.25) is 4.68 Å². The number of nitrogens with zero attached hydrogens (tertiary/aromatic N) is 2. The van der Waals surface area contributed by atoms with Gasteiger partial charge in [-0.25, -0.2) is 17.5 Å². The van der Waals surface area contributed by atoms with Crippen molar-refractivity contribution in [3.8, 4) is 11.5 Å². The highest BCUT2D eigenvalue weighted by molar-refractivity contribution is 7.89. The van der Waals surface area contributed by atoms with Crippen molar-refractivity contribution in [2.24, 2.45) is 0 Å². The Morgan fingerprint density at radius 3 is 2.52 bits per heavy atom. The number of hydrogen-bond donors (Lipinski definition) is 1. The van der Waals surface area contributed by atoms with Gasteiger partial charge in [0.05, 0.1) is 20.8 Å². The van der Waals surface area contributed by atoms with Crippen molar-refractivity contribution in [3.63, 3.8) is 0 Å². The third-order valence-electron chi connectivity index (χ3n) is 3.10. The fourth-order valence-corrected chi connectivity index (χ4v) is 3.41. The minimum absolute atomic E-state index is 0.119. The number of benzene rings is 1. The second-order valence-electron chi connectivity index (χ2n) is 4.89. The van der Waals surface area contributed by atoms with E-state index in [1.165, 1.54) is 14.2 Å². The maximum absolute atomic E-state index is 14.1. The smallest absolute Gasteiger partial charge is 0.243 e. The molecule has 0 aliphatic rings. The van der Waals surface area contributed by atoms with E-state index in [1.807, 2.05) is 0 Å². The molecule has 1 unspecified atom stereocenters. The van der Waals surface area contributed by atoms with E-state index in [9.17, 15) is 12.8 Å². The van der Waals surface area contributed by atoms with Crippen LogP contribution in [0.4, 0.5) is 4.39 Å². The van der Waals surface area contributed by atoms with Crippen LogP contribution >= 0.6 is 0 Å². The summed E-state index contributed by atoms with van der Waals surface area (Å²) in [7, 11) is -1.36. The van der Waals surface area contributed by atoms with Crippen LogP contribution in [0.15, 0.2) is 35.5 Å². The molecule has 0 radical (unpaired) electrons. The summed E-state index contributed by atoms with van der Waals surface area (Å²) in [5.41, 5.74) is 0. The molecule has 0 aliphatic carbocycles. The summed E-state index contributed by atoms with van der Waals surface area (Å²) >= 11 is 0. The Hall–Kier alpha value is -2.13. The monoisotopic (exact) mass is 343 g/mol. The lowest BCUT2D eigenvalue weighted by Crippen LogP contribution is -2.36. The number of nitrogens with one attached hydrogen (secondary N) is 1. The fourth-order valence-electron chi connectivity index (χ4n) is 2.10. The van der Waals surface area contributed by atoms with Gasteiger partial charge in [0.2, 0.25) is 10.0 Å². The number of rotatable bonds is 7. The molecule has 0 fully saturated rings. The molecule has 0 bridgehead atoms. The standard InChI is InChI=1S/C14H18FN3O4S/c1-10(9-18-6-4-5-16-18)17-23(19,20)14-8-13(22-3)12(21-2)7-11(14)15/h4-8,10,17H,9H2,1-3H3. The molecule has 1 heterocycles. The molecular formula is C14H18FN3O4S. The lowest BCUT2D eigenvalue weighted by atomic mass is 10.3. The Morgan fingerprint density at radius 2 is 1.96 bits per heavy atom. The number of hydrogen-bond acceptors (Lipinski definition) is 5. The van der Waals surface area contributed by atoms with E-state index < -0.39 is 26.8 Å². The van der Waals surface area contributed by atoms with Crippen LogP contribution in [0, 0.1) is 5.82 Å². The molecule has 0 saturated carbocycles. The molecule has 1 aromatic carbocycles. The average molecular weight is 343 g/mol. The molecule has 0 spiro atoms. The molecule has 1 aromatic heterocycles. The summed E-state index contributed by atoms with van der Waals surface area (Å²) < 4.78 is 52.8. The van der Waals surface area contributed by atoms with Crippen molar-refractivity contribution in [2.45, 2.75) is 24.4 Å². The Balaban J connectivity index is 2.25. The van der Waals surface area contributed by atoms with Crippen molar-refractivity contribution < 1.29 is 22.3 Å². The van der Waals surface area contributed by atoms with Crippen LogP contribution in [0.3, 0.4) is 0 Å². The van der Waals surface area contributed by atoms with Crippen LogP contribution in [-0.2, 0) is 16.6 Å². The third kappa shape index (κ3) is 3.99. The van der Waals surface area contributed by atoms with Crippen LogP contribution in [0.5, 0.6) is 11.5 Å². The summed E-state index contributed by atoms with van der Waals surface area (Å²) in [6.07, 6.45) is 3.30. The van der Waals surface area contributed by atoms with E-state index in [4.69, 9.17) is 9.47 Å². The van der Waals surface area contributed by atoms with Gasteiger partial charge >= 0.3 is 0 Å². The fraction of sp³-hybridized carbons (Fsp3) is 0.357. The third-order valence-corrected chi connectivity index (χ3v) is 4.71. The molecule has 9 heteroatoms. The number of methoxy groups -OCH3 is 2. The largest absolute Gasteiger partial charge is 0.493 e. The van der Waals surface area contributed by atoms with E-state index in [-0.39, 0.29) is 11.5 Å². The van der Waals surface area contributed by atoms with Crippen LogP contribution in [-0.4, -0.2) is 38.5 Å². The summed E-state index contributed by atoms with van der Waals surface area (Å²) in [6.45, 7) is 1.99. The normalized spacial score (nSPS) is 12.9. The van der Waals surface area contributed by atoms with Gasteiger partial charge in [0.15, 0.2) is 11.5 Å². The van der Waals surface area contributed by atoms with Crippen molar-refractivity contribution in [2.75, 3.05) is 14.2 Å². The number of ether oxygens (including phenoxy) is 2. The highest BCUT2D eigenvalue weighted by Gasteiger charge is 2.24. The first-order valence-corrected chi connectivity index (χ1v) is 8.27. The van der Waals surface area contributed by atoms with Crippen molar-refractivity contribution in [1.29, 1.82) is 0 Å². The van der Waals surface area contributed by atoms with Crippen LogP contribution in [0.2, 0.25) is 0 Å². The minimum atomic E-state index is -4.05. The first kappa shape index (κ1) is 17.2. The van der Waals surface area contributed by atoms with E-state index in [2.05, 4.69) is 9.82 Å². The van der Waals surface area contributed by atoms with Crippen LogP contribution in [0.1, 0.15) is 6.92 Å². The van der Waals surface area contributed by atoms with Crippen molar-refractivity contribution in [1.82, 2.24) is 14.5 Å². The van der Waals surface area contributed by atoms with E-state index in [0.717, 1.165) is 12.1 Å². The SMILES string of the molecule is COc1cc(F)c(S(=O)(=O)NC(C)Cn2cccn2)cc1OC. The Kier molecular flexibility index (Phi) is 5.22. The number of halogens is 1. The maximum Gasteiger partial charge on any atom is 0.243 e. The van der Waals surface area contributed by atoms with Crippen LogP contribution in [0.25, 0.3) is 0 Å². The predicted molar refractivity (Wildman–Crippen MR) is 81.5 cm³/mol. The molecule has 126 valence electrons. The van der Waals surface area contributed by atoms with Crippen LogP contribution < -0.4 is 14.2 Å². The Labute approximate surface area is 134 Å². The first-order chi connectivity index (χ1) is 10.9.